The molecule has 0 aliphatic carbocycles. The second-order valence-electron chi connectivity index (χ2n) is 4.09. The topological polar surface area (TPSA) is 104 Å². The summed E-state index contributed by atoms with van der Waals surface area (Å²) >= 11 is 1.15. The Hall–Kier alpha value is -1.57. The van der Waals surface area contributed by atoms with Gasteiger partial charge in [-0.25, -0.2) is 0 Å². The first kappa shape index (κ1) is 15.5. The molecule has 0 unspecified atom stereocenters. The molecule has 1 heterocycles. The summed E-state index contributed by atoms with van der Waals surface area (Å²) in [6.07, 6.45) is 1.17. The Labute approximate surface area is 114 Å². The van der Waals surface area contributed by atoms with Crippen LogP contribution in [0.25, 0.3) is 0 Å². The van der Waals surface area contributed by atoms with E-state index in [-0.39, 0.29) is 24.6 Å². The van der Waals surface area contributed by atoms with Gasteiger partial charge < -0.3 is 10.0 Å². The number of hydrogen-bond donors (Lipinski definition) is 2. The summed E-state index contributed by atoms with van der Waals surface area (Å²) in [5, 5.41) is 10.6. The number of rotatable bonds is 7. The molecule has 0 bridgehead atoms. The van der Waals surface area contributed by atoms with Gasteiger partial charge in [0.1, 0.15) is 0 Å². The van der Waals surface area contributed by atoms with Crippen molar-refractivity contribution in [2.45, 2.75) is 19.3 Å². The molecule has 7 nitrogen and oxygen atoms in total. The van der Waals surface area contributed by atoms with E-state index in [0.29, 0.717) is 18.7 Å². The van der Waals surface area contributed by atoms with E-state index in [4.69, 9.17) is 5.11 Å². The molecule has 0 saturated carbocycles. The van der Waals surface area contributed by atoms with Crippen LogP contribution in [0.2, 0.25) is 0 Å². The fourth-order valence-electron chi connectivity index (χ4n) is 1.60. The summed E-state index contributed by atoms with van der Waals surface area (Å²) in [4.78, 5) is 45.7. The van der Waals surface area contributed by atoms with E-state index < -0.39 is 17.8 Å². The Morgan fingerprint density at radius 2 is 2.05 bits per heavy atom. The van der Waals surface area contributed by atoms with Crippen LogP contribution in [0.5, 0.6) is 0 Å². The Morgan fingerprint density at radius 1 is 1.32 bits per heavy atom. The molecule has 0 aromatic rings. The molecule has 0 radical (unpaired) electrons. The van der Waals surface area contributed by atoms with Crippen molar-refractivity contribution in [3.8, 4) is 0 Å². The number of thioether (sulfide) groups is 1. The van der Waals surface area contributed by atoms with Crippen LogP contribution >= 0.6 is 11.8 Å². The third-order valence-corrected chi connectivity index (χ3v) is 3.44. The first-order chi connectivity index (χ1) is 8.99. The van der Waals surface area contributed by atoms with Crippen LogP contribution in [-0.4, -0.2) is 58.3 Å². The highest BCUT2D eigenvalue weighted by Gasteiger charge is 2.22. The van der Waals surface area contributed by atoms with Gasteiger partial charge in [0.2, 0.25) is 17.7 Å². The van der Waals surface area contributed by atoms with Crippen molar-refractivity contribution >= 4 is 35.5 Å². The number of carboxylic acid groups (broad SMARTS) is 1. The zero-order valence-corrected chi connectivity index (χ0v) is 11.2. The van der Waals surface area contributed by atoms with Crippen LogP contribution in [0.4, 0.5) is 0 Å². The zero-order valence-electron chi connectivity index (χ0n) is 10.4. The molecule has 106 valence electrons. The molecule has 0 spiro atoms. The molecular weight excluding hydrogens is 272 g/mol. The third-order valence-electron chi connectivity index (χ3n) is 2.48. The van der Waals surface area contributed by atoms with Crippen LogP contribution < -0.4 is 5.32 Å². The summed E-state index contributed by atoms with van der Waals surface area (Å²) in [7, 11) is 0. The van der Waals surface area contributed by atoms with Crippen molar-refractivity contribution in [1.82, 2.24) is 10.2 Å². The minimum atomic E-state index is -0.920. The SMILES string of the molecule is O=C(O)CCSCC(=O)NC(=O)CN1CCCC1=O. The highest BCUT2D eigenvalue weighted by atomic mass is 32.2. The number of carbonyl (C=O) groups is 4. The van der Waals surface area contributed by atoms with Gasteiger partial charge in [-0.3, -0.25) is 24.5 Å². The largest absolute Gasteiger partial charge is 0.481 e. The lowest BCUT2D eigenvalue weighted by atomic mass is 10.4. The molecular formula is C11H16N2O5S. The van der Waals surface area contributed by atoms with E-state index in [1.807, 2.05) is 0 Å². The van der Waals surface area contributed by atoms with Crippen LogP contribution in [0.3, 0.4) is 0 Å². The minimum Gasteiger partial charge on any atom is -0.481 e. The van der Waals surface area contributed by atoms with E-state index in [1.54, 1.807) is 0 Å². The van der Waals surface area contributed by atoms with E-state index in [2.05, 4.69) is 5.32 Å². The van der Waals surface area contributed by atoms with Crippen molar-refractivity contribution < 1.29 is 24.3 Å². The average Bonchev–Trinajstić information content (AvgIpc) is 2.70. The Bertz CT molecular complexity index is 385. The van der Waals surface area contributed by atoms with Gasteiger partial charge in [-0.2, -0.15) is 11.8 Å². The molecule has 0 atom stereocenters. The van der Waals surface area contributed by atoms with E-state index in [1.165, 1.54) is 4.90 Å². The monoisotopic (exact) mass is 288 g/mol. The van der Waals surface area contributed by atoms with Crippen LogP contribution in [0.15, 0.2) is 0 Å². The highest BCUT2D eigenvalue weighted by molar-refractivity contribution is 7.99. The van der Waals surface area contributed by atoms with Crippen molar-refractivity contribution in [2.24, 2.45) is 0 Å². The standard InChI is InChI=1S/C11H16N2O5S/c14-8(6-13-4-1-2-10(13)16)12-9(15)7-19-5-3-11(17)18/h1-7H2,(H,17,18)(H,12,14,15). The number of nitrogens with one attached hydrogen (secondary N) is 1. The molecule has 1 saturated heterocycles. The lowest BCUT2D eigenvalue weighted by Crippen LogP contribution is -2.41. The van der Waals surface area contributed by atoms with Gasteiger partial charge in [0, 0.05) is 18.7 Å². The zero-order chi connectivity index (χ0) is 14.3. The summed E-state index contributed by atoms with van der Waals surface area (Å²) < 4.78 is 0. The first-order valence-electron chi connectivity index (χ1n) is 5.89. The third kappa shape index (κ3) is 6.23. The molecule has 1 aliphatic heterocycles. The number of nitrogens with zero attached hydrogens (tertiary/aromatic N) is 1. The quantitative estimate of drug-likeness (QED) is 0.610. The van der Waals surface area contributed by atoms with Crippen molar-refractivity contribution in [1.29, 1.82) is 0 Å². The van der Waals surface area contributed by atoms with Gasteiger partial charge >= 0.3 is 5.97 Å². The van der Waals surface area contributed by atoms with Gasteiger partial charge in [-0.1, -0.05) is 0 Å². The summed E-state index contributed by atoms with van der Waals surface area (Å²) in [5.74, 6) is -1.60. The molecule has 1 rings (SSSR count). The van der Waals surface area contributed by atoms with Crippen molar-refractivity contribution in [2.75, 3.05) is 24.6 Å². The number of aliphatic carboxylic acids is 1. The maximum absolute atomic E-state index is 11.5. The fraction of sp³-hybridized carbons (Fsp3) is 0.636. The fourth-order valence-corrected chi connectivity index (χ4v) is 2.32. The predicted octanol–water partition coefficient (Wildman–Crippen LogP) is -0.540. The first-order valence-corrected chi connectivity index (χ1v) is 7.04. The maximum Gasteiger partial charge on any atom is 0.304 e. The van der Waals surface area contributed by atoms with Crippen LogP contribution in [0.1, 0.15) is 19.3 Å². The van der Waals surface area contributed by atoms with E-state index in [0.717, 1.165) is 18.2 Å². The van der Waals surface area contributed by atoms with Crippen molar-refractivity contribution in [3.05, 3.63) is 0 Å². The Kier molecular flexibility index (Phi) is 6.34. The second kappa shape index (κ2) is 7.78. The molecule has 1 aliphatic rings. The van der Waals surface area contributed by atoms with Gasteiger partial charge in [-0.05, 0) is 6.42 Å². The van der Waals surface area contributed by atoms with Gasteiger partial charge in [0.05, 0.1) is 18.7 Å². The molecule has 0 aromatic carbocycles. The summed E-state index contributed by atoms with van der Waals surface area (Å²) in [6.45, 7) is 0.457. The smallest absolute Gasteiger partial charge is 0.304 e. The Morgan fingerprint density at radius 3 is 2.63 bits per heavy atom. The van der Waals surface area contributed by atoms with Gasteiger partial charge in [-0.15, -0.1) is 0 Å². The molecule has 19 heavy (non-hydrogen) atoms. The van der Waals surface area contributed by atoms with Crippen LogP contribution in [-0.2, 0) is 19.2 Å². The van der Waals surface area contributed by atoms with Crippen molar-refractivity contribution in [3.63, 3.8) is 0 Å². The predicted molar refractivity (Wildman–Crippen MR) is 68.5 cm³/mol. The molecule has 2 N–H and O–H groups in total. The normalized spacial score (nSPS) is 14.5. The lowest BCUT2D eigenvalue weighted by molar-refractivity contribution is -0.136. The number of amides is 3. The number of carboxylic acids is 1. The average molecular weight is 288 g/mol. The number of likely N-dealkylation sites (tertiary alicyclic amines) is 1. The number of imide groups is 1. The second-order valence-corrected chi connectivity index (χ2v) is 5.19. The minimum absolute atomic E-state index is 0.0197. The Balaban J connectivity index is 2.15. The summed E-state index contributed by atoms with van der Waals surface area (Å²) in [5.41, 5.74) is 0. The van der Waals surface area contributed by atoms with Gasteiger partial charge in [0.25, 0.3) is 0 Å². The van der Waals surface area contributed by atoms with E-state index in [9.17, 15) is 19.2 Å². The molecule has 3 amide bonds. The maximum atomic E-state index is 11.5. The number of hydrogen-bond acceptors (Lipinski definition) is 5. The van der Waals surface area contributed by atoms with E-state index >= 15 is 0 Å². The lowest BCUT2D eigenvalue weighted by Gasteiger charge is -2.14. The number of carbonyl (C=O) groups excluding carboxylic acids is 3. The molecule has 8 heteroatoms. The molecule has 1 fully saturated rings. The highest BCUT2D eigenvalue weighted by Crippen LogP contribution is 2.08. The summed E-state index contributed by atoms with van der Waals surface area (Å²) in [6, 6.07) is 0. The van der Waals surface area contributed by atoms with Gasteiger partial charge in [0.15, 0.2) is 0 Å². The van der Waals surface area contributed by atoms with Crippen LogP contribution in [0, 0.1) is 0 Å². The molecule has 0 aromatic heterocycles.